The van der Waals surface area contributed by atoms with Crippen molar-refractivity contribution in [2.24, 2.45) is 0 Å². The number of ether oxygens (including phenoxy) is 1. The van der Waals surface area contributed by atoms with Crippen LogP contribution in [0.5, 0.6) is 0 Å². The lowest BCUT2D eigenvalue weighted by atomic mass is 10.0. The average Bonchev–Trinajstić information content (AvgIpc) is 3.14. The molecule has 2 amide bonds. The Hall–Kier alpha value is -2.74. The number of amides is 2. The van der Waals surface area contributed by atoms with Crippen LogP contribution in [0.1, 0.15) is 29.6 Å². The minimum atomic E-state index is -0.763. The van der Waals surface area contributed by atoms with Gasteiger partial charge in [-0.05, 0) is 24.6 Å². The van der Waals surface area contributed by atoms with Gasteiger partial charge in [0.15, 0.2) is 5.72 Å². The van der Waals surface area contributed by atoms with Gasteiger partial charge in [-0.15, -0.1) is 0 Å². The second kappa shape index (κ2) is 5.63. The van der Waals surface area contributed by atoms with E-state index in [0.717, 1.165) is 12.5 Å². The van der Waals surface area contributed by atoms with Gasteiger partial charge in [0.1, 0.15) is 11.4 Å². The van der Waals surface area contributed by atoms with Crippen molar-refractivity contribution in [1.82, 2.24) is 14.8 Å². The van der Waals surface area contributed by atoms with Crippen LogP contribution in [0.25, 0.3) is 10.9 Å². The van der Waals surface area contributed by atoms with Gasteiger partial charge < -0.3 is 19.5 Å². The Balaban J connectivity index is 1.54. The maximum absolute atomic E-state index is 13.5. The first kappa shape index (κ1) is 16.4. The van der Waals surface area contributed by atoms with Crippen LogP contribution in [0.15, 0.2) is 29.2 Å². The highest BCUT2D eigenvalue weighted by molar-refractivity contribution is 5.98. The number of nitrogens with zero attached hydrogens (tertiary/aromatic N) is 2. The molecule has 1 aromatic carbocycles. The van der Waals surface area contributed by atoms with E-state index in [0.29, 0.717) is 31.6 Å². The summed E-state index contributed by atoms with van der Waals surface area (Å²) in [6.45, 7) is 1.60. The second-order valence-electron chi connectivity index (χ2n) is 7.28. The molecule has 140 valence electrons. The maximum atomic E-state index is 13.5. The Bertz CT molecular complexity index is 1040. The summed E-state index contributed by atoms with van der Waals surface area (Å²) in [4.78, 5) is 44.5. The summed E-state index contributed by atoms with van der Waals surface area (Å²) < 4.78 is 19.5. The standard InChI is InChI=1S/C19H18FN3O4/c20-11-2-3-14-12(8-11)17(25)13(10-21-14)18(26)22-6-4-19-15(22)9-16(24)23(19)5-1-7-27-19/h2-3,8,10,15H,1,4-7,9H2,(H,21,25)/t15-,19+/m1/s1. The molecule has 4 heterocycles. The highest BCUT2D eigenvalue weighted by Crippen LogP contribution is 2.45. The molecule has 0 aliphatic carbocycles. The molecule has 7 nitrogen and oxygen atoms in total. The van der Waals surface area contributed by atoms with Crippen LogP contribution in [-0.4, -0.2) is 58.1 Å². The van der Waals surface area contributed by atoms with E-state index in [9.17, 15) is 18.8 Å². The third-order valence-corrected chi connectivity index (χ3v) is 5.95. The molecule has 1 spiro atoms. The summed E-state index contributed by atoms with van der Waals surface area (Å²) in [7, 11) is 0. The van der Waals surface area contributed by atoms with Crippen molar-refractivity contribution in [2.75, 3.05) is 19.7 Å². The summed E-state index contributed by atoms with van der Waals surface area (Å²) in [5.74, 6) is -1.01. The van der Waals surface area contributed by atoms with Gasteiger partial charge in [0.25, 0.3) is 5.91 Å². The number of carbonyl (C=O) groups excluding carboxylic acids is 2. The Morgan fingerprint density at radius 1 is 1.30 bits per heavy atom. The van der Waals surface area contributed by atoms with Crippen molar-refractivity contribution >= 4 is 22.7 Å². The quantitative estimate of drug-likeness (QED) is 0.817. The molecule has 2 aromatic rings. The lowest BCUT2D eigenvalue weighted by molar-refractivity contribution is -0.179. The Morgan fingerprint density at radius 2 is 2.15 bits per heavy atom. The fraction of sp³-hybridized carbons (Fsp3) is 0.421. The molecule has 5 rings (SSSR count). The zero-order valence-electron chi connectivity index (χ0n) is 14.5. The van der Waals surface area contributed by atoms with E-state index in [2.05, 4.69) is 4.98 Å². The van der Waals surface area contributed by atoms with E-state index in [-0.39, 0.29) is 23.3 Å². The number of likely N-dealkylation sites (tertiary alicyclic amines) is 1. The molecule has 27 heavy (non-hydrogen) atoms. The van der Waals surface area contributed by atoms with Gasteiger partial charge in [0.2, 0.25) is 11.3 Å². The predicted molar refractivity (Wildman–Crippen MR) is 93.6 cm³/mol. The summed E-state index contributed by atoms with van der Waals surface area (Å²) in [5, 5.41) is 0.132. The van der Waals surface area contributed by atoms with Crippen molar-refractivity contribution in [3.8, 4) is 0 Å². The molecule has 3 aliphatic heterocycles. The molecule has 1 aromatic heterocycles. The van der Waals surface area contributed by atoms with Crippen molar-refractivity contribution in [3.63, 3.8) is 0 Å². The number of halogens is 1. The fourth-order valence-corrected chi connectivity index (χ4v) is 4.70. The predicted octanol–water partition coefficient (Wildman–Crippen LogP) is 1.23. The SMILES string of the molecule is O=C(c1c[nH]c2ccc(F)cc2c1=O)N1CC[C@@]23OCCCN2C(=O)C[C@@H]13. The number of hydrogen-bond acceptors (Lipinski definition) is 4. The zero-order valence-corrected chi connectivity index (χ0v) is 14.5. The molecule has 0 bridgehead atoms. The van der Waals surface area contributed by atoms with Crippen LogP contribution < -0.4 is 5.43 Å². The monoisotopic (exact) mass is 371 g/mol. The number of hydrogen-bond donors (Lipinski definition) is 1. The zero-order chi connectivity index (χ0) is 18.8. The smallest absolute Gasteiger partial charge is 0.259 e. The largest absolute Gasteiger partial charge is 0.360 e. The van der Waals surface area contributed by atoms with E-state index in [4.69, 9.17) is 4.74 Å². The van der Waals surface area contributed by atoms with Gasteiger partial charge in [-0.1, -0.05) is 0 Å². The van der Waals surface area contributed by atoms with Crippen LogP contribution in [0.3, 0.4) is 0 Å². The summed E-state index contributed by atoms with van der Waals surface area (Å²) in [6.07, 6.45) is 2.89. The first-order chi connectivity index (χ1) is 13.0. The minimum absolute atomic E-state index is 0.0216. The average molecular weight is 371 g/mol. The molecule has 0 saturated carbocycles. The molecule has 1 N–H and O–H groups in total. The summed E-state index contributed by atoms with van der Waals surface area (Å²) in [6, 6.07) is 3.44. The maximum Gasteiger partial charge on any atom is 0.259 e. The molecule has 0 unspecified atom stereocenters. The number of aromatic nitrogens is 1. The lowest BCUT2D eigenvalue weighted by Crippen LogP contribution is -2.56. The second-order valence-corrected chi connectivity index (χ2v) is 7.28. The molecular formula is C19H18FN3O4. The molecule has 0 radical (unpaired) electrons. The van der Waals surface area contributed by atoms with Crippen LogP contribution in [0.4, 0.5) is 4.39 Å². The third kappa shape index (κ3) is 2.19. The van der Waals surface area contributed by atoms with Gasteiger partial charge in [-0.25, -0.2) is 4.39 Å². The van der Waals surface area contributed by atoms with E-state index in [1.54, 1.807) is 9.80 Å². The van der Waals surface area contributed by atoms with E-state index in [1.165, 1.54) is 18.3 Å². The highest BCUT2D eigenvalue weighted by Gasteiger charge is 2.61. The van der Waals surface area contributed by atoms with Crippen molar-refractivity contribution in [3.05, 3.63) is 46.0 Å². The van der Waals surface area contributed by atoms with Gasteiger partial charge in [-0.2, -0.15) is 0 Å². The van der Waals surface area contributed by atoms with Crippen LogP contribution in [0, 0.1) is 5.82 Å². The van der Waals surface area contributed by atoms with E-state index in [1.807, 2.05) is 0 Å². The molecule has 3 saturated heterocycles. The number of carbonyl (C=O) groups is 2. The Kier molecular flexibility index (Phi) is 3.42. The fourth-order valence-electron chi connectivity index (χ4n) is 4.70. The molecular weight excluding hydrogens is 353 g/mol. The molecule has 8 heteroatoms. The Morgan fingerprint density at radius 3 is 3.00 bits per heavy atom. The highest BCUT2D eigenvalue weighted by atomic mass is 19.1. The molecule has 3 fully saturated rings. The number of benzene rings is 1. The van der Waals surface area contributed by atoms with Gasteiger partial charge in [-0.3, -0.25) is 14.4 Å². The number of fused-ring (bicyclic) bond motifs is 1. The number of rotatable bonds is 1. The third-order valence-electron chi connectivity index (χ3n) is 5.95. The van der Waals surface area contributed by atoms with Crippen molar-refractivity contribution < 1.29 is 18.7 Å². The van der Waals surface area contributed by atoms with Gasteiger partial charge in [0.05, 0.1) is 19.1 Å². The van der Waals surface area contributed by atoms with Crippen LogP contribution >= 0.6 is 0 Å². The van der Waals surface area contributed by atoms with Crippen molar-refractivity contribution in [2.45, 2.75) is 31.0 Å². The van der Waals surface area contributed by atoms with E-state index >= 15 is 0 Å². The van der Waals surface area contributed by atoms with Crippen LogP contribution in [0.2, 0.25) is 0 Å². The van der Waals surface area contributed by atoms with Gasteiger partial charge >= 0.3 is 0 Å². The van der Waals surface area contributed by atoms with Crippen LogP contribution in [-0.2, 0) is 9.53 Å². The van der Waals surface area contributed by atoms with Crippen molar-refractivity contribution in [1.29, 1.82) is 0 Å². The number of aromatic amines is 1. The first-order valence-corrected chi connectivity index (χ1v) is 9.08. The molecule has 2 atom stereocenters. The summed E-state index contributed by atoms with van der Waals surface area (Å²) >= 11 is 0. The minimum Gasteiger partial charge on any atom is -0.360 e. The van der Waals surface area contributed by atoms with E-state index < -0.39 is 28.9 Å². The normalized spacial score (nSPS) is 27.1. The molecule has 3 aliphatic rings. The lowest BCUT2D eigenvalue weighted by Gasteiger charge is -2.42. The number of nitrogens with one attached hydrogen (secondary N) is 1. The topological polar surface area (TPSA) is 82.7 Å². The first-order valence-electron chi connectivity index (χ1n) is 9.08. The number of pyridine rings is 1. The summed E-state index contributed by atoms with van der Waals surface area (Å²) in [5.41, 5.74) is -0.860. The Labute approximate surface area is 153 Å². The number of H-pyrrole nitrogens is 1. The van der Waals surface area contributed by atoms with Gasteiger partial charge in [0, 0.05) is 36.6 Å².